The zero-order valence-corrected chi connectivity index (χ0v) is 11.7. The van der Waals surface area contributed by atoms with Gasteiger partial charge < -0.3 is 9.72 Å². The molecule has 0 saturated heterocycles. The van der Waals surface area contributed by atoms with Crippen LogP contribution in [0.2, 0.25) is 0 Å². The maximum absolute atomic E-state index is 4.66. The second kappa shape index (κ2) is 3.83. The average Bonchev–Trinajstić information content (AvgIpc) is 2.64. The van der Waals surface area contributed by atoms with E-state index in [1.807, 2.05) is 0 Å². The summed E-state index contributed by atoms with van der Waals surface area (Å²) in [6.07, 6.45) is 8.63. The van der Waals surface area contributed by atoms with Crippen LogP contribution in [-0.2, 0) is 6.54 Å². The highest BCUT2D eigenvalue weighted by Gasteiger charge is 2.58. The van der Waals surface area contributed by atoms with Crippen LogP contribution in [0.1, 0.15) is 37.4 Å². The monoisotopic (exact) mass is 255 g/mol. The summed E-state index contributed by atoms with van der Waals surface area (Å²) in [5.74, 6) is 1.06. The van der Waals surface area contributed by atoms with Gasteiger partial charge in [-0.05, 0) is 56.1 Å². The Kier molecular flexibility index (Phi) is 2.31. The number of pyridine rings is 1. The van der Waals surface area contributed by atoms with Crippen molar-refractivity contribution in [2.24, 2.45) is 11.3 Å². The minimum absolute atomic E-state index is 0.629. The minimum Gasteiger partial charge on any atom is -0.308 e. The zero-order valence-electron chi connectivity index (χ0n) is 11.7. The van der Waals surface area contributed by atoms with Crippen LogP contribution in [0, 0.1) is 18.3 Å². The smallest absolute Gasteiger partial charge is 0.137 e. The molecule has 3 saturated carbocycles. The van der Waals surface area contributed by atoms with Crippen molar-refractivity contribution in [1.82, 2.24) is 14.7 Å². The number of hydrogen-bond donors (Lipinski definition) is 1. The third-order valence-corrected chi connectivity index (χ3v) is 5.24. The summed E-state index contributed by atoms with van der Waals surface area (Å²) in [5, 5.41) is 3.68. The summed E-state index contributed by atoms with van der Waals surface area (Å²) in [4.78, 5) is 4.66. The van der Waals surface area contributed by atoms with E-state index in [9.17, 15) is 0 Å². The van der Waals surface area contributed by atoms with Crippen molar-refractivity contribution in [3.8, 4) is 0 Å². The lowest BCUT2D eigenvalue weighted by atomic mass is 9.42. The van der Waals surface area contributed by atoms with Gasteiger partial charge in [0.2, 0.25) is 0 Å². The molecule has 19 heavy (non-hydrogen) atoms. The van der Waals surface area contributed by atoms with Crippen molar-refractivity contribution in [3.63, 3.8) is 0 Å². The van der Waals surface area contributed by atoms with Crippen LogP contribution in [0.25, 0.3) is 5.65 Å². The second-order valence-corrected chi connectivity index (χ2v) is 6.65. The van der Waals surface area contributed by atoms with E-state index in [0.29, 0.717) is 11.5 Å². The van der Waals surface area contributed by atoms with Crippen molar-refractivity contribution in [2.45, 2.75) is 45.7 Å². The molecule has 1 N–H and O–H groups in total. The summed E-state index contributed by atoms with van der Waals surface area (Å²) in [6.45, 7) is 5.34. The topological polar surface area (TPSA) is 29.3 Å². The first-order valence-electron chi connectivity index (χ1n) is 7.32. The van der Waals surface area contributed by atoms with Crippen LogP contribution in [0.5, 0.6) is 0 Å². The van der Waals surface area contributed by atoms with E-state index >= 15 is 0 Å². The SMILES string of the molecule is Cc1ccc2nc(CNC(C)C34CC(C3)C4)cn2c1. The van der Waals surface area contributed by atoms with E-state index in [1.165, 1.54) is 24.8 Å². The summed E-state index contributed by atoms with van der Waals surface area (Å²) in [7, 11) is 0. The van der Waals surface area contributed by atoms with Crippen LogP contribution in [-0.4, -0.2) is 15.4 Å². The van der Waals surface area contributed by atoms with Crippen molar-refractivity contribution in [3.05, 3.63) is 35.8 Å². The molecule has 0 radical (unpaired) electrons. The largest absolute Gasteiger partial charge is 0.308 e. The normalized spacial score (nSPS) is 29.9. The van der Waals surface area contributed by atoms with Gasteiger partial charge >= 0.3 is 0 Å². The molecule has 0 amide bonds. The molecule has 2 aromatic rings. The van der Waals surface area contributed by atoms with Gasteiger partial charge in [-0.25, -0.2) is 4.98 Å². The van der Waals surface area contributed by atoms with E-state index < -0.39 is 0 Å². The molecule has 1 atom stereocenters. The Morgan fingerprint density at radius 3 is 2.84 bits per heavy atom. The average molecular weight is 255 g/mol. The van der Waals surface area contributed by atoms with E-state index in [4.69, 9.17) is 0 Å². The van der Waals surface area contributed by atoms with Gasteiger partial charge in [0.1, 0.15) is 5.65 Å². The van der Waals surface area contributed by atoms with Gasteiger partial charge in [0.15, 0.2) is 0 Å². The molecule has 2 aromatic heterocycles. The molecule has 3 fully saturated rings. The fourth-order valence-electron chi connectivity index (χ4n) is 3.79. The van der Waals surface area contributed by atoms with E-state index in [2.05, 4.69) is 53.1 Å². The number of aryl methyl sites for hydroxylation is 1. The number of rotatable bonds is 4. The highest BCUT2D eigenvalue weighted by molar-refractivity contribution is 5.41. The molecule has 0 aromatic carbocycles. The Hall–Kier alpha value is -1.35. The Morgan fingerprint density at radius 2 is 2.16 bits per heavy atom. The number of imidazole rings is 1. The first-order chi connectivity index (χ1) is 9.14. The first-order valence-corrected chi connectivity index (χ1v) is 7.32. The van der Waals surface area contributed by atoms with Gasteiger partial charge in [-0.1, -0.05) is 6.07 Å². The highest BCUT2D eigenvalue weighted by Crippen LogP contribution is 2.66. The lowest BCUT2D eigenvalue weighted by Crippen LogP contribution is -2.61. The second-order valence-electron chi connectivity index (χ2n) is 6.65. The molecular formula is C16H21N3. The van der Waals surface area contributed by atoms with E-state index in [0.717, 1.165) is 23.8 Å². The van der Waals surface area contributed by atoms with Crippen LogP contribution < -0.4 is 5.32 Å². The number of hydrogen-bond acceptors (Lipinski definition) is 2. The van der Waals surface area contributed by atoms with E-state index in [-0.39, 0.29) is 0 Å². The van der Waals surface area contributed by atoms with Gasteiger partial charge in [-0.3, -0.25) is 0 Å². The highest BCUT2D eigenvalue weighted by atomic mass is 15.0. The molecule has 3 aliphatic carbocycles. The Balaban J connectivity index is 1.46. The molecule has 3 heteroatoms. The summed E-state index contributed by atoms with van der Waals surface area (Å²) < 4.78 is 2.12. The molecule has 100 valence electrons. The summed E-state index contributed by atoms with van der Waals surface area (Å²) in [6, 6.07) is 4.83. The fourth-order valence-corrected chi connectivity index (χ4v) is 3.79. The third-order valence-electron chi connectivity index (χ3n) is 5.24. The van der Waals surface area contributed by atoms with Crippen LogP contribution in [0.15, 0.2) is 24.5 Å². The molecular weight excluding hydrogens is 234 g/mol. The van der Waals surface area contributed by atoms with Crippen LogP contribution >= 0.6 is 0 Å². The van der Waals surface area contributed by atoms with Gasteiger partial charge in [0.05, 0.1) is 5.69 Å². The minimum atomic E-state index is 0.629. The number of nitrogens with one attached hydrogen (secondary N) is 1. The first kappa shape index (κ1) is 11.5. The molecule has 2 bridgehead atoms. The predicted octanol–water partition coefficient (Wildman–Crippen LogP) is 2.92. The lowest BCUT2D eigenvalue weighted by Gasteiger charge is -2.65. The Bertz CT molecular complexity index is 611. The number of nitrogens with zero attached hydrogens (tertiary/aromatic N) is 2. The lowest BCUT2D eigenvalue weighted by molar-refractivity contribution is -0.129. The summed E-state index contributed by atoms with van der Waals surface area (Å²) >= 11 is 0. The number of aromatic nitrogens is 2. The van der Waals surface area contributed by atoms with Crippen molar-refractivity contribution >= 4 is 5.65 Å². The number of fused-ring (bicyclic) bond motifs is 1. The van der Waals surface area contributed by atoms with Gasteiger partial charge in [0, 0.05) is 25.0 Å². The molecule has 0 spiro atoms. The van der Waals surface area contributed by atoms with Crippen molar-refractivity contribution < 1.29 is 0 Å². The molecule has 5 rings (SSSR count). The third kappa shape index (κ3) is 1.71. The molecule has 3 nitrogen and oxygen atoms in total. The van der Waals surface area contributed by atoms with E-state index in [1.54, 1.807) is 0 Å². The molecule has 3 aliphatic rings. The molecule has 0 aliphatic heterocycles. The molecule has 2 heterocycles. The van der Waals surface area contributed by atoms with Crippen LogP contribution in [0.4, 0.5) is 0 Å². The molecule has 1 unspecified atom stereocenters. The fraction of sp³-hybridized carbons (Fsp3) is 0.562. The Labute approximate surface area is 114 Å². The maximum Gasteiger partial charge on any atom is 0.137 e. The van der Waals surface area contributed by atoms with Gasteiger partial charge in [0.25, 0.3) is 0 Å². The van der Waals surface area contributed by atoms with Gasteiger partial charge in [-0.15, -0.1) is 0 Å². The quantitative estimate of drug-likeness (QED) is 0.910. The maximum atomic E-state index is 4.66. The Morgan fingerprint density at radius 1 is 1.37 bits per heavy atom. The van der Waals surface area contributed by atoms with Crippen molar-refractivity contribution in [2.75, 3.05) is 0 Å². The summed E-state index contributed by atoms with van der Waals surface area (Å²) in [5.41, 5.74) is 4.09. The predicted molar refractivity (Wildman–Crippen MR) is 76.0 cm³/mol. The zero-order chi connectivity index (χ0) is 13.0. The van der Waals surface area contributed by atoms with Crippen LogP contribution in [0.3, 0.4) is 0 Å². The van der Waals surface area contributed by atoms with Gasteiger partial charge in [-0.2, -0.15) is 0 Å². The standard InChI is InChI=1S/C16H21N3/c1-11-3-4-15-18-14(10-19(15)9-11)8-17-12(2)16-5-13(6-16)7-16/h3-4,9-10,12-13,17H,5-8H2,1-2H3. The van der Waals surface area contributed by atoms with Crippen molar-refractivity contribution in [1.29, 1.82) is 0 Å².